The molecule has 1 aromatic rings. The van der Waals surface area contributed by atoms with E-state index < -0.39 is 12.0 Å². The predicted octanol–water partition coefficient (Wildman–Crippen LogP) is 0.779. The monoisotopic (exact) mass is 246 g/mol. The van der Waals surface area contributed by atoms with E-state index >= 15 is 0 Å². The molecule has 5 nitrogen and oxygen atoms in total. The van der Waals surface area contributed by atoms with Crippen molar-refractivity contribution in [2.24, 2.45) is 11.5 Å². The first kappa shape index (κ1) is 14.7. The summed E-state index contributed by atoms with van der Waals surface area (Å²) in [6.07, 6.45) is 0. The minimum absolute atomic E-state index is 0. The van der Waals surface area contributed by atoms with Crippen molar-refractivity contribution in [2.45, 2.75) is 13.0 Å². The zero-order valence-corrected chi connectivity index (χ0v) is 9.62. The number of carboxylic acids is 1. The van der Waals surface area contributed by atoms with Crippen LogP contribution < -0.4 is 11.5 Å². The number of rotatable bonds is 3. The molecule has 0 unspecified atom stereocenters. The normalized spacial score (nSPS) is 11.7. The van der Waals surface area contributed by atoms with E-state index in [0.29, 0.717) is 5.56 Å². The summed E-state index contributed by atoms with van der Waals surface area (Å²) in [6, 6.07) is 2.48. The Hall–Kier alpha value is -1.30. The molecular formula is C10H15ClN2O3. The summed E-state index contributed by atoms with van der Waals surface area (Å²) in [6.45, 7) is 1.88. The van der Waals surface area contributed by atoms with Crippen LogP contribution in [0, 0.1) is 6.92 Å². The van der Waals surface area contributed by atoms with Gasteiger partial charge in [-0.2, -0.15) is 0 Å². The van der Waals surface area contributed by atoms with Gasteiger partial charge in [0, 0.05) is 18.2 Å². The molecule has 16 heavy (non-hydrogen) atoms. The fourth-order valence-electron chi connectivity index (χ4n) is 1.38. The van der Waals surface area contributed by atoms with Crippen molar-refractivity contribution < 1.29 is 15.0 Å². The van der Waals surface area contributed by atoms with E-state index in [9.17, 15) is 9.90 Å². The molecule has 0 spiro atoms. The van der Waals surface area contributed by atoms with Crippen LogP contribution in [0.15, 0.2) is 12.1 Å². The summed E-state index contributed by atoms with van der Waals surface area (Å²) < 4.78 is 0. The van der Waals surface area contributed by atoms with Gasteiger partial charge >= 0.3 is 5.97 Å². The Labute approximate surface area is 99.5 Å². The number of carboxylic acid groups (broad SMARTS) is 1. The lowest BCUT2D eigenvalue weighted by molar-refractivity contribution is 0.0693. The molecule has 0 aromatic heterocycles. The van der Waals surface area contributed by atoms with Gasteiger partial charge in [-0.05, 0) is 18.6 Å². The van der Waals surface area contributed by atoms with Crippen LogP contribution in [-0.4, -0.2) is 22.7 Å². The van der Waals surface area contributed by atoms with E-state index in [-0.39, 0.29) is 30.3 Å². The van der Waals surface area contributed by atoms with E-state index in [1.54, 1.807) is 13.0 Å². The van der Waals surface area contributed by atoms with Crippen LogP contribution in [0.5, 0.6) is 5.75 Å². The van der Waals surface area contributed by atoms with Gasteiger partial charge in [0.05, 0.1) is 0 Å². The van der Waals surface area contributed by atoms with Crippen LogP contribution >= 0.6 is 12.4 Å². The number of benzene rings is 1. The molecule has 0 saturated heterocycles. The third-order valence-electron chi connectivity index (χ3n) is 2.17. The van der Waals surface area contributed by atoms with E-state index in [0.717, 1.165) is 5.56 Å². The molecule has 0 saturated carbocycles. The molecule has 6 heteroatoms. The Balaban J connectivity index is 0.00000225. The average molecular weight is 247 g/mol. The number of hydrogen-bond acceptors (Lipinski definition) is 4. The van der Waals surface area contributed by atoms with Crippen molar-refractivity contribution in [3.05, 3.63) is 28.8 Å². The number of aryl methyl sites for hydroxylation is 1. The van der Waals surface area contributed by atoms with E-state index in [1.165, 1.54) is 6.07 Å². The number of hydrogen-bond donors (Lipinski definition) is 4. The highest BCUT2D eigenvalue weighted by Crippen LogP contribution is 2.28. The SMILES string of the molecule is Cc1cc(C(=O)O)c(O)c([C@@H](N)CN)c1.Cl. The molecule has 0 aliphatic carbocycles. The van der Waals surface area contributed by atoms with Gasteiger partial charge in [0.15, 0.2) is 0 Å². The van der Waals surface area contributed by atoms with Crippen LogP contribution in [0.3, 0.4) is 0 Å². The Kier molecular flexibility index (Phi) is 5.23. The quantitative estimate of drug-likeness (QED) is 0.630. The molecular weight excluding hydrogens is 232 g/mol. The smallest absolute Gasteiger partial charge is 0.339 e. The van der Waals surface area contributed by atoms with E-state index in [4.69, 9.17) is 16.6 Å². The highest BCUT2D eigenvalue weighted by molar-refractivity contribution is 5.91. The number of nitrogens with two attached hydrogens (primary N) is 2. The molecule has 0 bridgehead atoms. The highest BCUT2D eigenvalue weighted by Gasteiger charge is 2.17. The first-order valence-electron chi connectivity index (χ1n) is 4.49. The lowest BCUT2D eigenvalue weighted by Crippen LogP contribution is -2.21. The van der Waals surface area contributed by atoms with Gasteiger partial charge in [0.25, 0.3) is 0 Å². The molecule has 0 heterocycles. The molecule has 0 aliphatic rings. The van der Waals surface area contributed by atoms with Crippen molar-refractivity contribution >= 4 is 18.4 Å². The zero-order chi connectivity index (χ0) is 11.6. The second-order valence-electron chi connectivity index (χ2n) is 3.40. The second-order valence-corrected chi connectivity index (χ2v) is 3.40. The first-order chi connectivity index (χ1) is 6.97. The molecule has 0 fully saturated rings. The zero-order valence-electron chi connectivity index (χ0n) is 8.80. The maximum absolute atomic E-state index is 10.8. The van der Waals surface area contributed by atoms with Gasteiger partial charge in [-0.15, -0.1) is 12.4 Å². The number of halogens is 1. The van der Waals surface area contributed by atoms with Crippen LogP contribution in [0.4, 0.5) is 0 Å². The van der Waals surface area contributed by atoms with E-state index in [2.05, 4.69) is 0 Å². The van der Waals surface area contributed by atoms with Crippen LogP contribution in [0.1, 0.15) is 27.5 Å². The van der Waals surface area contributed by atoms with Crippen LogP contribution in [-0.2, 0) is 0 Å². The minimum Gasteiger partial charge on any atom is -0.507 e. The molecule has 1 rings (SSSR count). The summed E-state index contributed by atoms with van der Waals surface area (Å²) >= 11 is 0. The maximum atomic E-state index is 10.8. The lowest BCUT2D eigenvalue weighted by Gasteiger charge is -2.13. The Morgan fingerprint density at radius 3 is 2.50 bits per heavy atom. The molecule has 0 radical (unpaired) electrons. The second kappa shape index (κ2) is 5.69. The Morgan fingerprint density at radius 1 is 1.50 bits per heavy atom. The van der Waals surface area contributed by atoms with Crippen molar-refractivity contribution in [3.63, 3.8) is 0 Å². The summed E-state index contributed by atoms with van der Waals surface area (Å²) in [5, 5.41) is 18.5. The number of aromatic carboxylic acids is 1. The number of aromatic hydroxyl groups is 1. The van der Waals surface area contributed by atoms with Gasteiger partial charge in [0.1, 0.15) is 11.3 Å². The molecule has 0 aliphatic heterocycles. The van der Waals surface area contributed by atoms with Crippen molar-refractivity contribution in [2.75, 3.05) is 6.54 Å². The highest BCUT2D eigenvalue weighted by atomic mass is 35.5. The van der Waals surface area contributed by atoms with Crippen molar-refractivity contribution in [3.8, 4) is 5.75 Å². The lowest BCUT2D eigenvalue weighted by atomic mass is 9.99. The van der Waals surface area contributed by atoms with Crippen molar-refractivity contribution in [1.82, 2.24) is 0 Å². The Bertz CT molecular complexity index is 396. The van der Waals surface area contributed by atoms with Gasteiger partial charge in [-0.25, -0.2) is 4.79 Å². The van der Waals surface area contributed by atoms with Gasteiger partial charge in [0.2, 0.25) is 0 Å². The summed E-state index contributed by atoms with van der Waals surface area (Å²) in [7, 11) is 0. The van der Waals surface area contributed by atoms with Gasteiger partial charge < -0.3 is 21.7 Å². The number of phenols is 1. The molecule has 1 atom stereocenters. The molecule has 6 N–H and O–H groups in total. The fourth-order valence-corrected chi connectivity index (χ4v) is 1.38. The topological polar surface area (TPSA) is 110 Å². The third kappa shape index (κ3) is 2.85. The first-order valence-corrected chi connectivity index (χ1v) is 4.49. The molecule has 1 aromatic carbocycles. The van der Waals surface area contributed by atoms with Crippen LogP contribution in [0.25, 0.3) is 0 Å². The summed E-state index contributed by atoms with van der Waals surface area (Å²) in [5.41, 5.74) is 12.0. The third-order valence-corrected chi connectivity index (χ3v) is 2.17. The van der Waals surface area contributed by atoms with Gasteiger partial charge in [-0.3, -0.25) is 0 Å². The fraction of sp³-hybridized carbons (Fsp3) is 0.300. The van der Waals surface area contributed by atoms with Crippen molar-refractivity contribution in [1.29, 1.82) is 0 Å². The average Bonchev–Trinajstić information content (AvgIpc) is 2.19. The minimum atomic E-state index is -1.18. The maximum Gasteiger partial charge on any atom is 0.339 e. The number of carbonyl (C=O) groups is 1. The Morgan fingerprint density at radius 2 is 2.06 bits per heavy atom. The largest absolute Gasteiger partial charge is 0.507 e. The predicted molar refractivity (Wildman–Crippen MR) is 63.0 cm³/mol. The molecule has 90 valence electrons. The molecule has 0 amide bonds. The standard InChI is InChI=1S/C10H14N2O3.ClH/c1-5-2-6(8(12)4-11)9(13)7(3-5)10(14)15;/h2-3,8,13H,4,11-12H2,1H3,(H,14,15);1H/t8-;/m0./s1. The van der Waals surface area contributed by atoms with Gasteiger partial charge in [-0.1, -0.05) is 6.07 Å². The summed E-state index contributed by atoms with van der Waals surface area (Å²) in [4.78, 5) is 10.8. The summed E-state index contributed by atoms with van der Waals surface area (Å²) in [5.74, 6) is -1.48. The van der Waals surface area contributed by atoms with Crippen LogP contribution in [0.2, 0.25) is 0 Å². The van der Waals surface area contributed by atoms with E-state index in [1.807, 2.05) is 0 Å².